The summed E-state index contributed by atoms with van der Waals surface area (Å²) in [6.07, 6.45) is 0. The minimum atomic E-state index is 0.610. The van der Waals surface area contributed by atoms with Gasteiger partial charge in [-0.3, -0.25) is 0 Å². The number of hydrogen-bond donors (Lipinski definition) is 0. The van der Waals surface area contributed by atoms with E-state index in [-0.39, 0.29) is 0 Å². The molecule has 0 N–H and O–H groups in total. The van der Waals surface area contributed by atoms with E-state index in [4.69, 9.17) is 6.57 Å². The van der Waals surface area contributed by atoms with Crippen molar-refractivity contribution in [1.82, 2.24) is 9.13 Å². The monoisotopic (exact) mass is 610 g/mol. The van der Waals surface area contributed by atoms with Crippen molar-refractivity contribution in [3.63, 3.8) is 0 Å². The van der Waals surface area contributed by atoms with Crippen LogP contribution in [0.3, 0.4) is 0 Å². The molecule has 4 heteroatoms. The summed E-state index contributed by atoms with van der Waals surface area (Å²) in [6.45, 7) is 7.66. The van der Waals surface area contributed by atoms with E-state index in [1.165, 1.54) is 10.8 Å². The van der Waals surface area contributed by atoms with Crippen molar-refractivity contribution >= 4 is 49.3 Å². The van der Waals surface area contributed by atoms with Gasteiger partial charge in [-0.1, -0.05) is 109 Å². The first-order chi connectivity index (χ1) is 23.7. The van der Waals surface area contributed by atoms with E-state index in [0.717, 1.165) is 66.5 Å². The fraction of sp³-hybridized carbons (Fsp3) is 0. The van der Waals surface area contributed by atoms with Crippen LogP contribution in [0.1, 0.15) is 5.56 Å². The normalized spacial score (nSPS) is 11.3. The first kappa shape index (κ1) is 27.4. The number of benzene rings is 7. The third kappa shape index (κ3) is 4.07. The van der Waals surface area contributed by atoms with Crippen LogP contribution in [0.4, 0.5) is 5.69 Å². The number of aromatic nitrogens is 2. The molecule has 0 spiro atoms. The van der Waals surface area contributed by atoms with E-state index in [1.807, 2.05) is 30.3 Å². The van der Waals surface area contributed by atoms with Gasteiger partial charge >= 0.3 is 0 Å². The Morgan fingerprint density at radius 2 is 1.08 bits per heavy atom. The molecule has 0 aliphatic rings. The van der Waals surface area contributed by atoms with E-state index >= 15 is 0 Å². The predicted molar refractivity (Wildman–Crippen MR) is 197 cm³/mol. The maximum atomic E-state index is 10.5. The molecule has 9 aromatic rings. The SMILES string of the molecule is [C-]#[N+]c1ccc2c3ccccc3n(-c3cccc(-c4ccccc4-c4c(C#N)cccc4-n4c5ccccc5c5ccccc54)c3)c2c1. The van der Waals surface area contributed by atoms with Gasteiger partial charge in [-0.15, -0.1) is 0 Å². The van der Waals surface area contributed by atoms with E-state index in [1.54, 1.807) is 0 Å². The summed E-state index contributed by atoms with van der Waals surface area (Å²) in [5.74, 6) is 0. The highest BCUT2D eigenvalue weighted by Crippen LogP contribution is 2.42. The van der Waals surface area contributed by atoms with E-state index in [9.17, 15) is 5.26 Å². The van der Waals surface area contributed by atoms with Crippen molar-refractivity contribution in [2.75, 3.05) is 0 Å². The van der Waals surface area contributed by atoms with Gasteiger partial charge in [0.25, 0.3) is 0 Å². The Morgan fingerprint density at radius 1 is 0.500 bits per heavy atom. The summed E-state index contributed by atoms with van der Waals surface area (Å²) in [5.41, 5.74) is 11.4. The Bertz CT molecular complexity index is 2760. The second-order valence-corrected chi connectivity index (χ2v) is 11.9. The Hall–Kier alpha value is -6.88. The van der Waals surface area contributed by atoms with Crippen LogP contribution < -0.4 is 0 Å². The van der Waals surface area contributed by atoms with Crippen LogP contribution >= 0.6 is 0 Å². The Kier molecular flexibility index (Phi) is 6.22. The van der Waals surface area contributed by atoms with E-state index in [0.29, 0.717) is 11.3 Å². The Morgan fingerprint density at radius 3 is 1.75 bits per heavy atom. The highest BCUT2D eigenvalue weighted by molar-refractivity contribution is 6.11. The Labute approximate surface area is 277 Å². The van der Waals surface area contributed by atoms with E-state index in [2.05, 4.69) is 147 Å². The van der Waals surface area contributed by atoms with Gasteiger partial charge in [-0.25, -0.2) is 4.85 Å². The molecule has 0 amide bonds. The van der Waals surface area contributed by atoms with Crippen molar-refractivity contribution in [2.24, 2.45) is 0 Å². The van der Waals surface area contributed by atoms with Crippen molar-refractivity contribution in [3.8, 4) is 39.7 Å². The van der Waals surface area contributed by atoms with Crippen LogP contribution in [0.15, 0.2) is 158 Å². The number of para-hydroxylation sites is 3. The lowest BCUT2D eigenvalue weighted by Crippen LogP contribution is -2.00. The number of nitrogens with zero attached hydrogens (tertiary/aromatic N) is 4. The molecule has 2 aromatic heterocycles. The predicted octanol–water partition coefficient (Wildman–Crippen LogP) is 11.6. The van der Waals surface area contributed by atoms with Crippen LogP contribution in [0.5, 0.6) is 0 Å². The molecule has 0 fully saturated rings. The highest BCUT2D eigenvalue weighted by atomic mass is 15.0. The highest BCUT2D eigenvalue weighted by Gasteiger charge is 2.21. The number of rotatable bonds is 4. The first-order valence-electron chi connectivity index (χ1n) is 15.9. The maximum absolute atomic E-state index is 10.5. The second-order valence-electron chi connectivity index (χ2n) is 11.9. The van der Waals surface area contributed by atoms with Gasteiger partial charge in [-0.2, -0.15) is 5.26 Å². The van der Waals surface area contributed by atoms with Crippen LogP contribution in [0.25, 0.3) is 82.1 Å². The lowest BCUT2D eigenvalue weighted by Gasteiger charge is -2.19. The molecule has 0 unspecified atom stereocenters. The molecular weight excluding hydrogens is 585 g/mol. The summed E-state index contributed by atoms with van der Waals surface area (Å²) in [6, 6.07) is 56.7. The lowest BCUT2D eigenvalue weighted by molar-refractivity contribution is 1.18. The second kappa shape index (κ2) is 10.9. The van der Waals surface area contributed by atoms with Gasteiger partial charge in [0, 0.05) is 38.3 Å². The summed E-state index contributed by atoms with van der Waals surface area (Å²) >= 11 is 0. The molecule has 0 aliphatic heterocycles. The number of hydrogen-bond acceptors (Lipinski definition) is 1. The Balaban J connectivity index is 1.30. The lowest BCUT2D eigenvalue weighted by atomic mass is 9.90. The largest absolute Gasteiger partial charge is 0.310 e. The molecule has 0 saturated carbocycles. The standard InChI is InChI=1S/C44H26N4/c1-46-31-24-25-37-36-18-4-7-20-39(36)47(43(37)27-31)32-14-10-12-29(26-32)33-15-2-3-19-38(33)44-30(28-45)13-11-23-42(44)48-40-21-8-5-16-34(40)35-17-6-9-22-41(35)48/h2-27H. The zero-order valence-electron chi connectivity index (χ0n) is 25.8. The molecule has 0 bridgehead atoms. The van der Waals surface area contributed by atoms with Crippen molar-refractivity contribution < 1.29 is 0 Å². The first-order valence-corrected chi connectivity index (χ1v) is 15.9. The summed E-state index contributed by atoms with van der Waals surface area (Å²) in [7, 11) is 0. The molecule has 48 heavy (non-hydrogen) atoms. The molecule has 0 atom stereocenters. The van der Waals surface area contributed by atoms with Gasteiger partial charge in [0.05, 0.1) is 40.4 Å². The molecule has 0 saturated heterocycles. The molecule has 222 valence electrons. The molecule has 2 heterocycles. The topological polar surface area (TPSA) is 38.0 Å². The van der Waals surface area contributed by atoms with Crippen LogP contribution in [0, 0.1) is 17.9 Å². The summed E-state index contributed by atoms with van der Waals surface area (Å²) in [5, 5.41) is 15.1. The van der Waals surface area contributed by atoms with Crippen LogP contribution in [-0.2, 0) is 0 Å². The van der Waals surface area contributed by atoms with E-state index < -0.39 is 0 Å². The van der Waals surface area contributed by atoms with Gasteiger partial charge in [0.2, 0.25) is 0 Å². The molecule has 4 nitrogen and oxygen atoms in total. The zero-order valence-corrected chi connectivity index (χ0v) is 25.8. The smallest absolute Gasteiger partial charge is 0.189 e. The van der Waals surface area contributed by atoms with Crippen LogP contribution in [-0.4, -0.2) is 9.13 Å². The zero-order chi connectivity index (χ0) is 32.2. The fourth-order valence-corrected chi connectivity index (χ4v) is 7.36. The average Bonchev–Trinajstić information content (AvgIpc) is 3.67. The average molecular weight is 611 g/mol. The molecular formula is C44H26N4. The third-order valence-corrected chi connectivity index (χ3v) is 9.38. The van der Waals surface area contributed by atoms with Crippen molar-refractivity contribution in [2.45, 2.75) is 0 Å². The van der Waals surface area contributed by atoms with Gasteiger partial charge < -0.3 is 9.13 Å². The van der Waals surface area contributed by atoms with Gasteiger partial charge in [0.15, 0.2) is 5.69 Å². The quantitative estimate of drug-likeness (QED) is 0.183. The number of fused-ring (bicyclic) bond motifs is 6. The van der Waals surface area contributed by atoms with Gasteiger partial charge in [0.1, 0.15) is 0 Å². The molecule has 0 radical (unpaired) electrons. The van der Waals surface area contributed by atoms with Crippen LogP contribution in [0.2, 0.25) is 0 Å². The third-order valence-electron chi connectivity index (χ3n) is 9.38. The molecule has 9 rings (SSSR count). The minimum absolute atomic E-state index is 0.610. The summed E-state index contributed by atoms with van der Waals surface area (Å²) < 4.78 is 4.54. The fourth-order valence-electron chi connectivity index (χ4n) is 7.36. The molecule has 0 aliphatic carbocycles. The van der Waals surface area contributed by atoms with Crippen molar-refractivity contribution in [1.29, 1.82) is 5.26 Å². The van der Waals surface area contributed by atoms with Crippen molar-refractivity contribution in [3.05, 3.63) is 175 Å². The van der Waals surface area contributed by atoms with Gasteiger partial charge in [-0.05, 0) is 65.2 Å². The minimum Gasteiger partial charge on any atom is -0.310 e. The molecule has 7 aromatic carbocycles. The number of nitriles is 1. The maximum Gasteiger partial charge on any atom is 0.189 e. The summed E-state index contributed by atoms with van der Waals surface area (Å²) in [4.78, 5) is 3.73.